The lowest BCUT2D eigenvalue weighted by atomic mass is 10.2. The third-order valence-corrected chi connectivity index (χ3v) is 4.44. The van der Waals surface area contributed by atoms with Crippen LogP contribution < -0.4 is 0 Å². The molecule has 0 saturated carbocycles. The van der Waals surface area contributed by atoms with Gasteiger partial charge < -0.3 is 14.9 Å². The van der Waals surface area contributed by atoms with Gasteiger partial charge in [0.1, 0.15) is 5.69 Å². The normalized spacial score (nSPS) is 27.9. The van der Waals surface area contributed by atoms with Crippen LogP contribution in [0.25, 0.3) is 0 Å². The number of nitrogens with one attached hydrogen (secondary N) is 1. The molecule has 2 aliphatic heterocycles. The minimum atomic E-state index is -0.977. The molecule has 22 heavy (non-hydrogen) atoms. The van der Waals surface area contributed by atoms with Crippen molar-refractivity contribution >= 4 is 5.97 Å². The fraction of sp³-hybridized carbons (Fsp3) is 0.714. The van der Waals surface area contributed by atoms with Crippen molar-refractivity contribution in [3.05, 3.63) is 17.5 Å². The Balaban J connectivity index is 1.58. The van der Waals surface area contributed by atoms with Crippen LogP contribution in [-0.4, -0.2) is 87.7 Å². The molecule has 0 aliphatic carbocycles. The van der Waals surface area contributed by atoms with Crippen LogP contribution in [0.4, 0.5) is 0 Å². The molecule has 1 aromatic rings. The molecule has 1 aromatic heterocycles. The molecule has 2 aliphatic rings. The van der Waals surface area contributed by atoms with Gasteiger partial charge in [0.2, 0.25) is 0 Å². The third kappa shape index (κ3) is 3.30. The summed E-state index contributed by atoms with van der Waals surface area (Å²) in [4.78, 5) is 15.6. The van der Waals surface area contributed by atoms with E-state index < -0.39 is 12.1 Å². The van der Waals surface area contributed by atoms with Gasteiger partial charge in [0.05, 0.1) is 31.6 Å². The summed E-state index contributed by atoms with van der Waals surface area (Å²) in [6, 6.07) is 0.0865. The second-order valence-corrected chi connectivity index (χ2v) is 5.91. The number of aromatic nitrogens is 2. The van der Waals surface area contributed by atoms with Gasteiger partial charge in [-0.2, -0.15) is 5.10 Å². The maximum atomic E-state index is 11.1. The van der Waals surface area contributed by atoms with Crippen LogP contribution in [0.5, 0.6) is 0 Å². The highest BCUT2D eigenvalue weighted by atomic mass is 16.5. The minimum Gasteiger partial charge on any atom is -0.477 e. The average molecular weight is 310 g/mol. The lowest BCUT2D eigenvalue weighted by molar-refractivity contribution is 0.0687. The van der Waals surface area contributed by atoms with Crippen molar-refractivity contribution in [3.8, 4) is 0 Å². The van der Waals surface area contributed by atoms with E-state index in [-0.39, 0.29) is 11.7 Å². The fourth-order valence-corrected chi connectivity index (χ4v) is 3.22. The molecule has 122 valence electrons. The molecule has 0 radical (unpaired) electrons. The minimum absolute atomic E-state index is 0.0865. The van der Waals surface area contributed by atoms with Crippen molar-refractivity contribution in [3.63, 3.8) is 0 Å². The number of nitrogens with zero attached hydrogens (tertiary/aromatic N) is 3. The summed E-state index contributed by atoms with van der Waals surface area (Å²) in [6.45, 7) is 5.12. The summed E-state index contributed by atoms with van der Waals surface area (Å²) < 4.78 is 5.33. The Kier molecular flexibility index (Phi) is 4.72. The lowest BCUT2D eigenvalue weighted by Gasteiger charge is -2.28. The Labute approximate surface area is 128 Å². The van der Waals surface area contributed by atoms with Crippen LogP contribution in [0.15, 0.2) is 6.20 Å². The standard InChI is InChI=1S/C14H22N4O4/c19-12-9-22-8-11(12)18-3-1-2-17(4-5-18)7-10-6-15-16-13(10)14(20)21/h6,11-12,19H,1-5,7-9H2,(H,15,16)(H,20,21)/t11-,12-/m1/s1. The van der Waals surface area contributed by atoms with E-state index in [1.807, 2.05) is 0 Å². The molecule has 0 bridgehead atoms. The van der Waals surface area contributed by atoms with Crippen LogP contribution in [-0.2, 0) is 11.3 Å². The number of hydrogen-bond donors (Lipinski definition) is 3. The second kappa shape index (κ2) is 6.74. The number of rotatable bonds is 4. The SMILES string of the molecule is O=C(O)c1[nH]ncc1CN1CCCN([C@@H]2COC[C@H]2O)CC1. The Bertz CT molecular complexity index is 521. The largest absolute Gasteiger partial charge is 0.477 e. The number of aromatic amines is 1. The van der Waals surface area contributed by atoms with Crippen LogP contribution in [0.2, 0.25) is 0 Å². The van der Waals surface area contributed by atoms with E-state index in [4.69, 9.17) is 9.84 Å². The van der Waals surface area contributed by atoms with Crippen molar-refractivity contribution < 1.29 is 19.7 Å². The van der Waals surface area contributed by atoms with Crippen molar-refractivity contribution in [1.82, 2.24) is 20.0 Å². The molecule has 3 rings (SSSR count). The van der Waals surface area contributed by atoms with Crippen molar-refractivity contribution in [2.24, 2.45) is 0 Å². The van der Waals surface area contributed by atoms with Gasteiger partial charge in [0, 0.05) is 25.2 Å². The van der Waals surface area contributed by atoms with Gasteiger partial charge in [0.15, 0.2) is 0 Å². The molecule has 8 heteroatoms. The number of aliphatic hydroxyl groups is 1. The van der Waals surface area contributed by atoms with E-state index in [2.05, 4.69) is 20.0 Å². The molecule has 3 heterocycles. The van der Waals surface area contributed by atoms with Crippen LogP contribution >= 0.6 is 0 Å². The average Bonchev–Trinajstić information content (AvgIpc) is 3.05. The topological polar surface area (TPSA) is 102 Å². The van der Waals surface area contributed by atoms with Gasteiger partial charge >= 0.3 is 5.97 Å². The number of aliphatic hydroxyl groups excluding tert-OH is 1. The Morgan fingerprint density at radius 1 is 1.36 bits per heavy atom. The monoisotopic (exact) mass is 310 g/mol. The molecular formula is C14H22N4O4. The number of hydrogen-bond acceptors (Lipinski definition) is 6. The van der Waals surface area contributed by atoms with Crippen molar-refractivity contribution in [2.75, 3.05) is 39.4 Å². The predicted molar refractivity (Wildman–Crippen MR) is 77.6 cm³/mol. The van der Waals surface area contributed by atoms with Crippen molar-refractivity contribution in [1.29, 1.82) is 0 Å². The molecule has 2 atom stereocenters. The lowest BCUT2D eigenvalue weighted by Crippen LogP contribution is -2.44. The molecule has 8 nitrogen and oxygen atoms in total. The first kappa shape index (κ1) is 15.4. The molecule has 3 N–H and O–H groups in total. The van der Waals surface area contributed by atoms with Gasteiger partial charge in [-0.1, -0.05) is 0 Å². The first-order valence-corrected chi connectivity index (χ1v) is 7.63. The predicted octanol–water partition coefficient (Wildman–Crippen LogP) is -0.625. The smallest absolute Gasteiger partial charge is 0.354 e. The van der Waals surface area contributed by atoms with Crippen LogP contribution in [0, 0.1) is 0 Å². The third-order valence-electron chi connectivity index (χ3n) is 4.44. The zero-order valence-corrected chi connectivity index (χ0v) is 12.4. The second-order valence-electron chi connectivity index (χ2n) is 5.91. The van der Waals surface area contributed by atoms with E-state index in [1.165, 1.54) is 0 Å². The summed E-state index contributed by atoms with van der Waals surface area (Å²) in [5.41, 5.74) is 0.880. The molecule has 0 aromatic carbocycles. The van der Waals surface area contributed by atoms with E-state index in [9.17, 15) is 9.90 Å². The molecule has 2 fully saturated rings. The van der Waals surface area contributed by atoms with Crippen LogP contribution in [0.3, 0.4) is 0 Å². The van der Waals surface area contributed by atoms with Crippen LogP contribution in [0.1, 0.15) is 22.5 Å². The fourth-order valence-electron chi connectivity index (χ4n) is 3.22. The number of carbonyl (C=O) groups is 1. The summed E-state index contributed by atoms with van der Waals surface area (Å²) in [7, 11) is 0. The highest BCUT2D eigenvalue weighted by Gasteiger charge is 2.32. The molecule has 0 unspecified atom stereocenters. The Hall–Kier alpha value is -1.48. The van der Waals surface area contributed by atoms with E-state index >= 15 is 0 Å². The van der Waals surface area contributed by atoms with Crippen molar-refractivity contribution in [2.45, 2.75) is 25.1 Å². The summed E-state index contributed by atoms with van der Waals surface area (Å²) in [5, 5.41) is 25.4. The molecule has 0 amide bonds. The Morgan fingerprint density at radius 3 is 2.95 bits per heavy atom. The molecular weight excluding hydrogens is 288 g/mol. The zero-order chi connectivity index (χ0) is 15.5. The van der Waals surface area contributed by atoms with E-state index in [1.54, 1.807) is 6.20 Å². The maximum absolute atomic E-state index is 11.1. The number of H-pyrrole nitrogens is 1. The number of ether oxygens (including phenoxy) is 1. The maximum Gasteiger partial charge on any atom is 0.354 e. The summed E-state index contributed by atoms with van der Waals surface area (Å²) >= 11 is 0. The summed E-state index contributed by atoms with van der Waals surface area (Å²) in [6.07, 6.45) is 2.17. The van der Waals surface area contributed by atoms with Gasteiger partial charge in [-0.15, -0.1) is 0 Å². The molecule has 0 spiro atoms. The van der Waals surface area contributed by atoms with E-state index in [0.29, 0.717) is 25.3 Å². The quantitative estimate of drug-likeness (QED) is 0.681. The van der Waals surface area contributed by atoms with Gasteiger partial charge in [-0.3, -0.25) is 14.9 Å². The number of aromatic carboxylic acids is 1. The highest BCUT2D eigenvalue weighted by Crippen LogP contribution is 2.17. The number of carboxylic acid groups (broad SMARTS) is 1. The first-order chi connectivity index (χ1) is 10.6. The number of carboxylic acids is 1. The Morgan fingerprint density at radius 2 is 2.23 bits per heavy atom. The van der Waals surface area contributed by atoms with Gasteiger partial charge in [-0.25, -0.2) is 4.79 Å². The van der Waals surface area contributed by atoms with E-state index in [0.717, 1.165) is 32.6 Å². The molecule has 2 saturated heterocycles. The van der Waals surface area contributed by atoms with Gasteiger partial charge in [-0.05, 0) is 19.5 Å². The zero-order valence-electron chi connectivity index (χ0n) is 12.4. The summed E-state index contributed by atoms with van der Waals surface area (Å²) in [5.74, 6) is -0.977. The first-order valence-electron chi connectivity index (χ1n) is 7.63. The van der Waals surface area contributed by atoms with Gasteiger partial charge in [0.25, 0.3) is 0 Å². The highest BCUT2D eigenvalue weighted by molar-refractivity contribution is 5.86.